The molecule has 0 atom stereocenters. The van der Waals surface area contributed by atoms with Crippen LogP contribution in [0.25, 0.3) is 11.0 Å². The molecule has 1 aliphatic heterocycles. The van der Waals surface area contributed by atoms with E-state index in [9.17, 15) is 0 Å². The van der Waals surface area contributed by atoms with Gasteiger partial charge in [-0.25, -0.2) is 4.98 Å². The topological polar surface area (TPSA) is 21.1 Å². The van der Waals surface area contributed by atoms with Crippen LogP contribution in [0.5, 0.6) is 0 Å². The highest BCUT2D eigenvalue weighted by Crippen LogP contribution is 2.34. The molecule has 0 aliphatic carbocycles. The van der Waals surface area contributed by atoms with Crippen LogP contribution in [0.4, 0.5) is 0 Å². The molecular weight excluding hydrogens is 270 g/mol. The Hall–Kier alpha value is -1.06. The van der Waals surface area contributed by atoms with Crippen LogP contribution in [0.15, 0.2) is 24.3 Å². The molecule has 3 nitrogen and oxygen atoms in total. The number of hydrogen-bond acceptors (Lipinski definition) is 2. The summed E-state index contributed by atoms with van der Waals surface area (Å²) in [4.78, 5) is 7.08. The number of aromatic nitrogens is 2. The van der Waals surface area contributed by atoms with Crippen molar-refractivity contribution in [3.05, 3.63) is 30.1 Å². The summed E-state index contributed by atoms with van der Waals surface area (Å²) >= 11 is 6.10. The highest BCUT2D eigenvalue weighted by molar-refractivity contribution is 6.16. The third-order valence-electron chi connectivity index (χ3n) is 4.59. The second-order valence-electron chi connectivity index (χ2n) is 6.35. The monoisotopic (exact) mass is 291 g/mol. The number of rotatable bonds is 3. The third kappa shape index (κ3) is 2.57. The maximum atomic E-state index is 6.10. The number of halogens is 1. The summed E-state index contributed by atoms with van der Waals surface area (Å²) in [6.45, 7) is 5.77. The predicted octanol–water partition coefficient (Wildman–Crippen LogP) is 3.51. The average molecular weight is 292 g/mol. The van der Waals surface area contributed by atoms with Crippen LogP contribution in [0.2, 0.25) is 0 Å². The molecule has 1 saturated heterocycles. The van der Waals surface area contributed by atoms with Crippen LogP contribution in [0.3, 0.4) is 0 Å². The number of benzene rings is 1. The van der Waals surface area contributed by atoms with Gasteiger partial charge in [-0.1, -0.05) is 19.1 Å². The zero-order valence-electron chi connectivity index (χ0n) is 12.3. The number of nitrogens with zero attached hydrogens (tertiary/aromatic N) is 3. The summed E-state index contributed by atoms with van der Waals surface area (Å²) in [6, 6.07) is 8.33. The van der Waals surface area contributed by atoms with E-state index in [1.165, 1.54) is 31.4 Å². The first-order valence-corrected chi connectivity index (χ1v) is 7.83. The standard InChI is InChI=1S/C16H22ClN3/c1-16(7-9-19(2)10-8-16)12-20-14-6-4-3-5-13(14)18-15(20)11-17/h3-6H,7-12H2,1-2H3. The van der Waals surface area contributed by atoms with Crippen LogP contribution in [-0.2, 0) is 12.4 Å². The first-order chi connectivity index (χ1) is 9.61. The van der Waals surface area contributed by atoms with Crippen LogP contribution in [0, 0.1) is 5.41 Å². The minimum atomic E-state index is 0.344. The van der Waals surface area contributed by atoms with Gasteiger partial charge in [0.2, 0.25) is 0 Å². The number of likely N-dealkylation sites (tertiary alicyclic amines) is 1. The Morgan fingerprint density at radius 2 is 1.95 bits per heavy atom. The van der Waals surface area contributed by atoms with Crippen molar-refractivity contribution in [1.82, 2.24) is 14.5 Å². The number of fused-ring (bicyclic) bond motifs is 1. The first kappa shape index (κ1) is 13.9. The summed E-state index contributed by atoms with van der Waals surface area (Å²) < 4.78 is 2.33. The van der Waals surface area contributed by atoms with E-state index in [0.717, 1.165) is 17.9 Å². The van der Waals surface area contributed by atoms with E-state index in [-0.39, 0.29) is 0 Å². The van der Waals surface area contributed by atoms with Gasteiger partial charge in [-0.15, -0.1) is 11.6 Å². The van der Waals surface area contributed by atoms with Gasteiger partial charge in [0.15, 0.2) is 0 Å². The van der Waals surface area contributed by atoms with Crippen molar-refractivity contribution in [1.29, 1.82) is 0 Å². The van der Waals surface area contributed by atoms with Crippen LogP contribution in [-0.4, -0.2) is 34.6 Å². The Labute approximate surface area is 125 Å². The molecule has 1 aromatic carbocycles. The smallest absolute Gasteiger partial charge is 0.124 e. The van der Waals surface area contributed by atoms with Crippen LogP contribution < -0.4 is 0 Å². The van der Waals surface area contributed by atoms with Gasteiger partial charge in [0.1, 0.15) is 5.82 Å². The molecule has 2 heterocycles. The number of alkyl halides is 1. The summed E-state index contributed by atoms with van der Waals surface area (Å²) in [5, 5.41) is 0. The van der Waals surface area contributed by atoms with Crippen molar-refractivity contribution >= 4 is 22.6 Å². The number of imidazole rings is 1. The van der Waals surface area contributed by atoms with Crippen molar-refractivity contribution in [3.8, 4) is 0 Å². The van der Waals surface area contributed by atoms with Gasteiger partial charge in [0.05, 0.1) is 16.9 Å². The van der Waals surface area contributed by atoms with E-state index < -0.39 is 0 Å². The third-order valence-corrected chi connectivity index (χ3v) is 4.83. The van der Waals surface area contributed by atoms with E-state index in [1.807, 2.05) is 6.07 Å². The predicted molar refractivity (Wildman–Crippen MR) is 84.1 cm³/mol. The molecule has 1 aromatic heterocycles. The molecule has 0 amide bonds. The lowest BCUT2D eigenvalue weighted by Crippen LogP contribution is -2.38. The Balaban J connectivity index is 1.93. The first-order valence-electron chi connectivity index (χ1n) is 7.30. The second-order valence-corrected chi connectivity index (χ2v) is 6.62. The summed E-state index contributed by atoms with van der Waals surface area (Å²) in [5.74, 6) is 1.47. The molecule has 4 heteroatoms. The van der Waals surface area contributed by atoms with Gasteiger partial charge in [-0.2, -0.15) is 0 Å². The molecule has 1 fully saturated rings. The molecule has 20 heavy (non-hydrogen) atoms. The second kappa shape index (κ2) is 5.38. The summed E-state index contributed by atoms with van der Waals surface area (Å²) in [6.07, 6.45) is 2.47. The van der Waals surface area contributed by atoms with Crippen LogP contribution in [0.1, 0.15) is 25.6 Å². The Morgan fingerprint density at radius 3 is 2.65 bits per heavy atom. The fraction of sp³-hybridized carbons (Fsp3) is 0.562. The van der Waals surface area contributed by atoms with Gasteiger partial charge < -0.3 is 9.47 Å². The molecule has 0 spiro atoms. The maximum absolute atomic E-state index is 6.10. The van der Waals surface area contributed by atoms with Gasteiger partial charge in [-0.3, -0.25) is 0 Å². The van der Waals surface area contributed by atoms with E-state index in [1.54, 1.807) is 0 Å². The lowest BCUT2D eigenvalue weighted by atomic mass is 9.80. The van der Waals surface area contributed by atoms with Gasteiger partial charge >= 0.3 is 0 Å². The Bertz CT molecular complexity index is 597. The average Bonchev–Trinajstić information content (AvgIpc) is 2.80. The molecule has 3 rings (SSSR count). The number of hydrogen-bond donors (Lipinski definition) is 0. The highest BCUT2D eigenvalue weighted by Gasteiger charge is 2.30. The van der Waals surface area contributed by atoms with Gasteiger partial charge in [-0.05, 0) is 50.5 Å². The lowest BCUT2D eigenvalue weighted by molar-refractivity contribution is 0.121. The van der Waals surface area contributed by atoms with E-state index in [4.69, 9.17) is 11.6 Å². The Morgan fingerprint density at radius 1 is 1.25 bits per heavy atom. The molecule has 1 aliphatic rings. The van der Waals surface area contributed by atoms with E-state index >= 15 is 0 Å². The van der Waals surface area contributed by atoms with Gasteiger partial charge in [0.25, 0.3) is 0 Å². The molecule has 2 aromatic rings. The SMILES string of the molecule is CN1CCC(C)(Cn2c(CCl)nc3ccccc32)CC1. The molecular formula is C16H22ClN3. The zero-order valence-corrected chi connectivity index (χ0v) is 13.0. The molecule has 108 valence electrons. The molecule has 0 bridgehead atoms. The highest BCUT2D eigenvalue weighted by atomic mass is 35.5. The maximum Gasteiger partial charge on any atom is 0.124 e. The van der Waals surface area contributed by atoms with E-state index in [0.29, 0.717) is 11.3 Å². The minimum absolute atomic E-state index is 0.344. The summed E-state index contributed by atoms with van der Waals surface area (Å²) in [5.41, 5.74) is 2.61. The Kier molecular flexibility index (Phi) is 3.74. The fourth-order valence-electron chi connectivity index (χ4n) is 3.10. The van der Waals surface area contributed by atoms with Crippen molar-refractivity contribution in [2.75, 3.05) is 20.1 Å². The zero-order chi connectivity index (χ0) is 14.2. The molecule has 0 unspecified atom stereocenters. The number of piperidine rings is 1. The van der Waals surface area contributed by atoms with Gasteiger partial charge in [0, 0.05) is 6.54 Å². The van der Waals surface area contributed by atoms with Crippen molar-refractivity contribution in [3.63, 3.8) is 0 Å². The fourth-order valence-corrected chi connectivity index (χ4v) is 3.31. The number of para-hydroxylation sites is 2. The summed E-state index contributed by atoms with van der Waals surface area (Å²) in [7, 11) is 2.20. The largest absolute Gasteiger partial charge is 0.326 e. The van der Waals surface area contributed by atoms with Crippen molar-refractivity contribution in [2.45, 2.75) is 32.2 Å². The van der Waals surface area contributed by atoms with Crippen LogP contribution >= 0.6 is 11.6 Å². The van der Waals surface area contributed by atoms with Crippen molar-refractivity contribution in [2.24, 2.45) is 5.41 Å². The normalized spacial score (nSPS) is 19.6. The molecule has 0 saturated carbocycles. The quantitative estimate of drug-likeness (QED) is 0.807. The lowest BCUT2D eigenvalue weighted by Gasteiger charge is -2.38. The van der Waals surface area contributed by atoms with Crippen molar-refractivity contribution < 1.29 is 0 Å². The molecule has 0 N–H and O–H groups in total. The minimum Gasteiger partial charge on any atom is -0.326 e. The molecule has 0 radical (unpaired) electrons. The van der Waals surface area contributed by atoms with E-state index in [2.05, 4.69) is 46.6 Å².